The van der Waals surface area contributed by atoms with E-state index in [0.717, 1.165) is 0 Å². The number of nitrogens with zero attached hydrogens (tertiary/aromatic N) is 2. The zero-order valence-electron chi connectivity index (χ0n) is 10.5. The minimum Gasteiger partial charge on any atom is -0.481 e. The molecule has 0 aliphatic heterocycles. The highest BCUT2D eigenvalue weighted by Gasteiger charge is 2.20. The molecule has 0 saturated carbocycles. The fourth-order valence-corrected chi connectivity index (χ4v) is 2.87. The van der Waals surface area contributed by atoms with Crippen molar-refractivity contribution < 1.29 is 13.2 Å². The standard InChI is InChI=1S/C11H18N2O3S/c1-9(2)8-17(14,15)13(3)10-5-6-11(16-4)12-7-10/h5-7,9H,8H2,1-4H3. The maximum Gasteiger partial charge on any atom is 0.235 e. The topological polar surface area (TPSA) is 59.5 Å². The van der Waals surface area contributed by atoms with Gasteiger partial charge in [-0.1, -0.05) is 13.8 Å². The number of anilines is 1. The van der Waals surface area contributed by atoms with Crippen LogP contribution in [0.3, 0.4) is 0 Å². The molecule has 0 atom stereocenters. The van der Waals surface area contributed by atoms with Crippen molar-refractivity contribution in [2.24, 2.45) is 5.92 Å². The van der Waals surface area contributed by atoms with Crippen molar-refractivity contribution in [3.05, 3.63) is 18.3 Å². The average Bonchev–Trinajstić information content (AvgIpc) is 2.26. The van der Waals surface area contributed by atoms with Gasteiger partial charge in [0, 0.05) is 13.1 Å². The Labute approximate surface area is 102 Å². The van der Waals surface area contributed by atoms with E-state index in [0.29, 0.717) is 11.6 Å². The van der Waals surface area contributed by atoms with Gasteiger partial charge in [-0.05, 0) is 12.0 Å². The lowest BCUT2D eigenvalue weighted by molar-refractivity contribution is 0.398. The Hall–Kier alpha value is -1.30. The molecule has 0 aliphatic rings. The summed E-state index contributed by atoms with van der Waals surface area (Å²) in [6.45, 7) is 3.75. The summed E-state index contributed by atoms with van der Waals surface area (Å²) in [6, 6.07) is 3.31. The van der Waals surface area contributed by atoms with Crippen LogP contribution in [0.2, 0.25) is 0 Å². The normalized spacial score (nSPS) is 11.6. The number of ether oxygens (including phenoxy) is 1. The molecule has 1 aromatic rings. The Kier molecular flexibility index (Phi) is 4.34. The van der Waals surface area contributed by atoms with Crippen LogP contribution in [-0.2, 0) is 10.0 Å². The quantitative estimate of drug-likeness (QED) is 0.803. The minimum atomic E-state index is -3.28. The van der Waals surface area contributed by atoms with E-state index in [-0.39, 0.29) is 11.7 Å². The molecule has 0 fully saturated rings. The third-order valence-electron chi connectivity index (χ3n) is 2.25. The highest BCUT2D eigenvalue weighted by Crippen LogP contribution is 2.18. The number of hydrogen-bond acceptors (Lipinski definition) is 4. The van der Waals surface area contributed by atoms with Crippen LogP contribution in [-0.4, -0.2) is 33.3 Å². The van der Waals surface area contributed by atoms with Gasteiger partial charge in [-0.25, -0.2) is 13.4 Å². The molecule has 0 bridgehead atoms. The molecule has 0 spiro atoms. The van der Waals surface area contributed by atoms with Crippen molar-refractivity contribution >= 4 is 15.7 Å². The van der Waals surface area contributed by atoms with Crippen molar-refractivity contribution in [1.29, 1.82) is 0 Å². The Bertz CT molecular complexity index is 454. The van der Waals surface area contributed by atoms with Gasteiger partial charge in [-0.3, -0.25) is 4.31 Å². The SMILES string of the molecule is COc1ccc(N(C)S(=O)(=O)CC(C)C)cn1. The number of methoxy groups -OCH3 is 1. The highest BCUT2D eigenvalue weighted by atomic mass is 32.2. The Morgan fingerprint density at radius 2 is 2.06 bits per heavy atom. The predicted octanol–water partition coefficient (Wildman–Crippen LogP) is 1.51. The molecule has 0 aromatic carbocycles. The van der Waals surface area contributed by atoms with E-state index < -0.39 is 10.0 Å². The first-order valence-electron chi connectivity index (χ1n) is 5.33. The van der Waals surface area contributed by atoms with Gasteiger partial charge in [0.05, 0.1) is 24.7 Å². The lowest BCUT2D eigenvalue weighted by Crippen LogP contribution is -2.30. The number of rotatable bonds is 5. The molecule has 1 heterocycles. The fourth-order valence-electron chi connectivity index (χ4n) is 1.37. The molecule has 0 N–H and O–H groups in total. The maximum atomic E-state index is 12.0. The van der Waals surface area contributed by atoms with Gasteiger partial charge in [0.2, 0.25) is 15.9 Å². The number of aromatic nitrogens is 1. The van der Waals surface area contributed by atoms with E-state index in [1.165, 1.54) is 24.7 Å². The van der Waals surface area contributed by atoms with Gasteiger partial charge in [0.25, 0.3) is 0 Å². The average molecular weight is 258 g/mol. The van der Waals surface area contributed by atoms with Gasteiger partial charge < -0.3 is 4.74 Å². The van der Waals surface area contributed by atoms with E-state index in [1.54, 1.807) is 12.1 Å². The Balaban J connectivity index is 2.91. The van der Waals surface area contributed by atoms with Crippen LogP contribution in [0.5, 0.6) is 5.88 Å². The number of pyridine rings is 1. The zero-order chi connectivity index (χ0) is 13.1. The second-order valence-corrected chi connectivity index (χ2v) is 6.24. The Morgan fingerprint density at radius 3 is 2.47 bits per heavy atom. The molecule has 0 amide bonds. The minimum absolute atomic E-state index is 0.0913. The van der Waals surface area contributed by atoms with E-state index in [2.05, 4.69) is 4.98 Å². The van der Waals surface area contributed by atoms with Crippen LogP contribution in [0.25, 0.3) is 0 Å². The van der Waals surface area contributed by atoms with Gasteiger partial charge in [-0.2, -0.15) is 0 Å². The summed E-state index contributed by atoms with van der Waals surface area (Å²) in [5.74, 6) is 0.673. The number of hydrogen-bond donors (Lipinski definition) is 0. The second kappa shape index (κ2) is 5.35. The monoisotopic (exact) mass is 258 g/mol. The molecule has 1 rings (SSSR count). The molecular weight excluding hydrogens is 240 g/mol. The molecular formula is C11H18N2O3S. The van der Waals surface area contributed by atoms with Crippen LogP contribution in [0, 0.1) is 5.92 Å². The first-order chi connectivity index (χ1) is 7.86. The summed E-state index contributed by atoms with van der Waals surface area (Å²) in [6.07, 6.45) is 1.48. The molecule has 5 nitrogen and oxygen atoms in total. The molecule has 0 saturated heterocycles. The van der Waals surface area contributed by atoms with Crippen LogP contribution in [0.1, 0.15) is 13.8 Å². The van der Waals surface area contributed by atoms with Crippen LogP contribution in [0.15, 0.2) is 18.3 Å². The summed E-state index contributed by atoms with van der Waals surface area (Å²) in [5, 5.41) is 0. The molecule has 0 radical (unpaired) electrons. The van der Waals surface area contributed by atoms with Crippen molar-refractivity contribution in [1.82, 2.24) is 4.98 Å². The van der Waals surface area contributed by atoms with Gasteiger partial charge in [0.15, 0.2) is 0 Å². The van der Waals surface area contributed by atoms with E-state index in [9.17, 15) is 8.42 Å². The van der Waals surface area contributed by atoms with Gasteiger partial charge in [-0.15, -0.1) is 0 Å². The molecule has 17 heavy (non-hydrogen) atoms. The van der Waals surface area contributed by atoms with Crippen molar-refractivity contribution in [2.75, 3.05) is 24.2 Å². The molecule has 0 unspecified atom stereocenters. The van der Waals surface area contributed by atoms with E-state index in [1.807, 2.05) is 13.8 Å². The third-order valence-corrected chi connectivity index (χ3v) is 4.39. The first kappa shape index (κ1) is 13.8. The summed E-state index contributed by atoms with van der Waals surface area (Å²) >= 11 is 0. The number of sulfonamides is 1. The van der Waals surface area contributed by atoms with Gasteiger partial charge >= 0.3 is 0 Å². The molecule has 0 aliphatic carbocycles. The fraction of sp³-hybridized carbons (Fsp3) is 0.545. The largest absolute Gasteiger partial charge is 0.481 e. The lowest BCUT2D eigenvalue weighted by Gasteiger charge is -2.20. The predicted molar refractivity (Wildman–Crippen MR) is 67.8 cm³/mol. The van der Waals surface area contributed by atoms with E-state index >= 15 is 0 Å². The third kappa shape index (κ3) is 3.59. The van der Waals surface area contributed by atoms with Crippen LogP contribution < -0.4 is 9.04 Å². The molecule has 1 aromatic heterocycles. The first-order valence-corrected chi connectivity index (χ1v) is 6.94. The van der Waals surface area contributed by atoms with Crippen LogP contribution >= 0.6 is 0 Å². The van der Waals surface area contributed by atoms with E-state index in [4.69, 9.17) is 4.74 Å². The highest BCUT2D eigenvalue weighted by molar-refractivity contribution is 7.92. The summed E-state index contributed by atoms with van der Waals surface area (Å²) in [4.78, 5) is 3.98. The molecule has 96 valence electrons. The summed E-state index contributed by atoms with van der Waals surface area (Å²) < 4.78 is 30.1. The van der Waals surface area contributed by atoms with Crippen molar-refractivity contribution in [3.8, 4) is 5.88 Å². The second-order valence-electron chi connectivity index (χ2n) is 4.20. The Morgan fingerprint density at radius 1 is 1.41 bits per heavy atom. The van der Waals surface area contributed by atoms with Crippen molar-refractivity contribution in [3.63, 3.8) is 0 Å². The van der Waals surface area contributed by atoms with Gasteiger partial charge in [0.1, 0.15) is 0 Å². The maximum absolute atomic E-state index is 12.0. The smallest absolute Gasteiger partial charge is 0.235 e. The van der Waals surface area contributed by atoms with Crippen LogP contribution in [0.4, 0.5) is 5.69 Å². The summed E-state index contributed by atoms with van der Waals surface area (Å²) in [5.41, 5.74) is 0.534. The lowest BCUT2D eigenvalue weighted by atomic mass is 10.3. The summed E-state index contributed by atoms with van der Waals surface area (Å²) in [7, 11) is -0.236. The van der Waals surface area contributed by atoms with Crippen molar-refractivity contribution in [2.45, 2.75) is 13.8 Å². The molecule has 6 heteroatoms. The zero-order valence-corrected chi connectivity index (χ0v) is 11.4.